The monoisotopic (exact) mass is 512 g/mol. The number of aryl methyl sites for hydroxylation is 1. The van der Waals surface area contributed by atoms with E-state index in [9.17, 15) is 9.18 Å². The van der Waals surface area contributed by atoms with Gasteiger partial charge in [0, 0.05) is 5.69 Å². The summed E-state index contributed by atoms with van der Waals surface area (Å²) in [5.74, 6) is 0.250. The summed E-state index contributed by atoms with van der Waals surface area (Å²) in [6.07, 6.45) is 2.84. The van der Waals surface area contributed by atoms with Gasteiger partial charge in [0.2, 0.25) is 0 Å². The lowest BCUT2D eigenvalue weighted by atomic mass is 10.1. The summed E-state index contributed by atoms with van der Waals surface area (Å²) in [5.41, 5.74) is 3.64. The van der Waals surface area contributed by atoms with Crippen molar-refractivity contribution in [2.75, 3.05) is 5.32 Å². The van der Waals surface area contributed by atoms with Gasteiger partial charge in [-0.15, -0.1) is 0 Å². The molecule has 0 spiro atoms. The van der Waals surface area contributed by atoms with Gasteiger partial charge < -0.3 is 15.4 Å². The van der Waals surface area contributed by atoms with Gasteiger partial charge in [0.25, 0.3) is 5.91 Å². The zero-order chi connectivity index (χ0) is 22.5. The van der Waals surface area contributed by atoms with Gasteiger partial charge in [-0.3, -0.25) is 4.79 Å². The zero-order valence-corrected chi connectivity index (χ0v) is 19.8. The molecule has 1 atom stereocenters. The lowest BCUT2D eigenvalue weighted by Gasteiger charge is -2.12. The average Bonchev–Trinajstić information content (AvgIpc) is 3.12. The van der Waals surface area contributed by atoms with Crippen LogP contribution in [0.15, 0.2) is 76.1 Å². The molecule has 4 rings (SSSR count). The van der Waals surface area contributed by atoms with Crippen molar-refractivity contribution >= 4 is 45.4 Å². The van der Waals surface area contributed by atoms with Crippen molar-refractivity contribution in [3.05, 3.63) is 98.6 Å². The van der Waals surface area contributed by atoms with Crippen LogP contribution in [0.4, 0.5) is 10.1 Å². The molecule has 0 unspecified atom stereocenters. The fourth-order valence-corrected chi connectivity index (χ4v) is 4.71. The largest absolute Gasteiger partial charge is 0.488 e. The van der Waals surface area contributed by atoms with Crippen LogP contribution in [0.2, 0.25) is 0 Å². The van der Waals surface area contributed by atoms with Crippen LogP contribution in [0.3, 0.4) is 0 Å². The number of rotatable bonds is 7. The number of halogens is 2. The number of amides is 1. The number of carbonyl (C=O) groups is 1. The lowest BCUT2D eigenvalue weighted by Crippen LogP contribution is -2.30. The van der Waals surface area contributed by atoms with E-state index in [1.54, 1.807) is 6.07 Å². The molecule has 0 bridgehead atoms. The first-order valence-electron chi connectivity index (χ1n) is 10.2. The summed E-state index contributed by atoms with van der Waals surface area (Å²) in [4.78, 5) is 13.0. The predicted molar refractivity (Wildman–Crippen MR) is 132 cm³/mol. The van der Waals surface area contributed by atoms with E-state index in [0.29, 0.717) is 10.7 Å². The molecule has 1 aliphatic heterocycles. The number of benzene rings is 3. The standard InChI is InChI=1S/C25H22BrFN2O2S/c1-2-16-6-9-20(10-7-16)28-25-29-24(30)23(32-25)14-17-8-11-22(21(26)13-17)31-15-18-4-3-5-19(27)12-18/h3-14,25,28H,2,15H2,1H3,(H,29,30)/b23-14-/t25-/m0/s1. The molecule has 0 radical (unpaired) electrons. The first-order valence-corrected chi connectivity index (χ1v) is 11.9. The number of thioether (sulfide) groups is 1. The van der Waals surface area contributed by atoms with Gasteiger partial charge in [-0.2, -0.15) is 0 Å². The highest BCUT2D eigenvalue weighted by Gasteiger charge is 2.27. The number of hydrogen-bond donors (Lipinski definition) is 2. The Hall–Kier alpha value is -2.77. The third-order valence-corrected chi connectivity index (χ3v) is 6.58. The summed E-state index contributed by atoms with van der Waals surface area (Å²) >= 11 is 4.96. The van der Waals surface area contributed by atoms with E-state index in [-0.39, 0.29) is 23.8 Å². The van der Waals surface area contributed by atoms with Crippen molar-refractivity contribution in [3.8, 4) is 5.75 Å². The van der Waals surface area contributed by atoms with Crippen LogP contribution in [0.25, 0.3) is 6.08 Å². The fraction of sp³-hybridized carbons (Fsp3) is 0.160. The number of nitrogens with one attached hydrogen (secondary N) is 2. The zero-order valence-electron chi connectivity index (χ0n) is 17.4. The van der Waals surface area contributed by atoms with Crippen LogP contribution in [0.1, 0.15) is 23.6 Å². The van der Waals surface area contributed by atoms with Crippen molar-refractivity contribution < 1.29 is 13.9 Å². The second kappa shape index (κ2) is 10.2. The Morgan fingerprint density at radius 3 is 2.66 bits per heavy atom. The van der Waals surface area contributed by atoms with Gasteiger partial charge >= 0.3 is 0 Å². The molecule has 0 aromatic heterocycles. The first-order chi connectivity index (χ1) is 15.5. The minimum Gasteiger partial charge on any atom is -0.488 e. The summed E-state index contributed by atoms with van der Waals surface area (Å²) in [5, 5.41) is 6.28. The van der Waals surface area contributed by atoms with Crippen molar-refractivity contribution in [2.24, 2.45) is 0 Å². The fourth-order valence-electron chi connectivity index (χ4n) is 3.22. The van der Waals surface area contributed by atoms with E-state index >= 15 is 0 Å². The Bertz CT molecular complexity index is 1150. The van der Waals surface area contributed by atoms with Crippen LogP contribution in [0.5, 0.6) is 5.75 Å². The molecule has 0 aliphatic carbocycles. The van der Waals surface area contributed by atoms with Crippen LogP contribution in [0, 0.1) is 5.82 Å². The Morgan fingerprint density at radius 1 is 1.12 bits per heavy atom. The molecular formula is C25H22BrFN2O2S. The summed E-state index contributed by atoms with van der Waals surface area (Å²) in [6.45, 7) is 2.38. The minimum atomic E-state index is -0.287. The Labute approximate surface area is 199 Å². The van der Waals surface area contributed by atoms with Gasteiger partial charge in [-0.05, 0) is 81.5 Å². The molecule has 1 amide bonds. The summed E-state index contributed by atoms with van der Waals surface area (Å²) in [7, 11) is 0. The van der Waals surface area contributed by atoms with Crippen LogP contribution >= 0.6 is 27.7 Å². The molecule has 4 nitrogen and oxygen atoms in total. The SMILES string of the molecule is CCc1ccc(N[C@H]2NC(=O)/C(=C/c3ccc(OCc4cccc(F)c4)c(Br)c3)S2)cc1. The maximum atomic E-state index is 13.3. The highest BCUT2D eigenvalue weighted by Crippen LogP contribution is 2.32. The molecule has 3 aromatic rings. The molecule has 2 N–H and O–H groups in total. The van der Waals surface area contributed by atoms with E-state index in [2.05, 4.69) is 45.6 Å². The molecule has 1 heterocycles. The molecule has 164 valence electrons. The summed E-state index contributed by atoms with van der Waals surface area (Å²) in [6, 6.07) is 20.1. The van der Waals surface area contributed by atoms with Crippen molar-refractivity contribution in [2.45, 2.75) is 25.4 Å². The van der Waals surface area contributed by atoms with E-state index in [0.717, 1.165) is 27.7 Å². The molecule has 1 aliphatic rings. The highest BCUT2D eigenvalue weighted by atomic mass is 79.9. The number of hydrogen-bond acceptors (Lipinski definition) is 4. The molecule has 32 heavy (non-hydrogen) atoms. The highest BCUT2D eigenvalue weighted by molar-refractivity contribution is 9.10. The van der Waals surface area contributed by atoms with Gasteiger partial charge in [0.15, 0.2) is 5.50 Å². The molecule has 7 heteroatoms. The average molecular weight is 513 g/mol. The summed E-state index contributed by atoms with van der Waals surface area (Å²) < 4.78 is 19.9. The third kappa shape index (κ3) is 5.72. The van der Waals surface area contributed by atoms with E-state index in [1.165, 1.54) is 29.5 Å². The molecule has 1 saturated heterocycles. The van der Waals surface area contributed by atoms with Crippen LogP contribution in [-0.2, 0) is 17.8 Å². The number of carbonyl (C=O) groups excluding carboxylic acids is 1. The third-order valence-electron chi connectivity index (χ3n) is 4.93. The lowest BCUT2D eigenvalue weighted by molar-refractivity contribution is -0.116. The van der Waals surface area contributed by atoms with Crippen molar-refractivity contribution in [1.82, 2.24) is 5.32 Å². The maximum absolute atomic E-state index is 13.3. The predicted octanol–water partition coefficient (Wildman–Crippen LogP) is 6.33. The Balaban J connectivity index is 1.39. The quantitative estimate of drug-likeness (QED) is 0.363. The Kier molecular flexibility index (Phi) is 7.17. The maximum Gasteiger partial charge on any atom is 0.260 e. The normalized spacial score (nSPS) is 16.8. The van der Waals surface area contributed by atoms with Crippen molar-refractivity contribution in [3.63, 3.8) is 0 Å². The van der Waals surface area contributed by atoms with Crippen LogP contribution in [-0.4, -0.2) is 11.4 Å². The minimum absolute atomic E-state index is 0.111. The number of ether oxygens (including phenoxy) is 1. The van der Waals surface area contributed by atoms with E-state index < -0.39 is 0 Å². The van der Waals surface area contributed by atoms with Gasteiger partial charge in [-0.25, -0.2) is 4.39 Å². The molecular weight excluding hydrogens is 491 g/mol. The van der Waals surface area contributed by atoms with Crippen molar-refractivity contribution in [1.29, 1.82) is 0 Å². The van der Waals surface area contributed by atoms with Gasteiger partial charge in [0.05, 0.1) is 9.38 Å². The topological polar surface area (TPSA) is 50.4 Å². The molecule has 0 saturated carbocycles. The smallest absolute Gasteiger partial charge is 0.260 e. The molecule has 3 aromatic carbocycles. The number of anilines is 1. The van der Waals surface area contributed by atoms with Crippen LogP contribution < -0.4 is 15.4 Å². The first kappa shape index (κ1) is 22.4. The second-order valence-corrected chi connectivity index (χ2v) is 9.28. The molecule has 1 fully saturated rings. The van der Waals surface area contributed by atoms with Gasteiger partial charge in [-0.1, -0.05) is 49.0 Å². The van der Waals surface area contributed by atoms with E-state index in [4.69, 9.17) is 4.74 Å². The van der Waals surface area contributed by atoms with Gasteiger partial charge in [0.1, 0.15) is 18.2 Å². The van der Waals surface area contributed by atoms with E-state index in [1.807, 2.05) is 42.5 Å². The Morgan fingerprint density at radius 2 is 1.94 bits per heavy atom. The second-order valence-electron chi connectivity index (χ2n) is 7.28.